The van der Waals surface area contributed by atoms with Gasteiger partial charge in [-0.05, 0) is 85.3 Å². The SMILES string of the molecule is CN=c1c(F)cn(S(=O)(=O)C2=C(Cl)CC(Cl)=C2)c(=O)n1C.CN=c1c(F)cn(S(=O)(=O)c2cc(OC)ccc2OC)c(=O)n1C.CN=c1c(F)cn(S(=O)(=O)c2ccc(C)c(Cl)c2)c(=O)n1C.CN=c1c(F)cn(S(=O)(=O)c2ccc(OC)c(F)c2)c(=O)n1C.CN=c1c(F)cn(S(=O)(=O)c2cccc(OC)c2)c(=O)n1C.CN=c1c(F)cn(S(=O)(=O)c2ccccc2OC)c(=O)n1C. The molecule has 0 bridgehead atoms. The van der Waals surface area contributed by atoms with Crippen molar-refractivity contribution in [3.63, 3.8) is 0 Å². The predicted octanol–water partition coefficient (Wildman–Crippen LogP) is 2.62. The quantitative estimate of drug-likeness (QED) is 0.118. The molecule has 5 aromatic carbocycles. The van der Waals surface area contributed by atoms with Crippen LogP contribution >= 0.6 is 34.8 Å². The summed E-state index contributed by atoms with van der Waals surface area (Å²) >= 11 is 17.5. The molecule has 134 heavy (non-hydrogen) atoms. The van der Waals surface area contributed by atoms with Crippen molar-refractivity contribution < 1.29 is 105 Å². The second-order valence-electron chi connectivity index (χ2n) is 26.6. The Morgan fingerprint density at radius 3 is 0.933 bits per heavy atom. The highest BCUT2D eigenvalue weighted by atomic mass is 35.5. The Labute approximate surface area is 771 Å². The Kier molecular flexibility index (Phi) is 35.1. The van der Waals surface area contributed by atoms with Gasteiger partial charge in [0.05, 0.1) is 87.4 Å². The maximum atomic E-state index is 14.1. The van der Waals surface area contributed by atoms with E-state index in [1.165, 1.54) is 193 Å². The first kappa shape index (κ1) is 108. The minimum atomic E-state index is -4.48. The topological polar surface area (TPSA) is 487 Å². The molecule has 57 heteroatoms. The summed E-state index contributed by atoms with van der Waals surface area (Å²) in [5.41, 5.74) is -6.62. The van der Waals surface area contributed by atoms with Crippen LogP contribution in [-0.4, -0.2) is 180 Å². The zero-order valence-electron chi connectivity index (χ0n) is 73.2. The van der Waals surface area contributed by atoms with Crippen molar-refractivity contribution in [2.24, 2.45) is 72.2 Å². The number of benzene rings is 5. The molecule has 0 fully saturated rings. The monoisotopic (exact) mass is 2050 g/mol. The normalized spacial score (nSPS) is 13.1. The van der Waals surface area contributed by atoms with Crippen LogP contribution in [0.5, 0.6) is 28.7 Å². The van der Waals surface area contributed by atoms with E-state index in [0.29, 0.717) is 70.5 Å². The molecule has 6 heterocycles. The van der Waals surface area contributed by atoms with E-state index in [2.05, 4.69) is 30.0 Å². The van der Waals surface area contributed by atoms with Gasteiger partial charge >= 0.3 is 34.1 Å². The Balaban J connectivity index is 0.000000219. The van der Waals surface area contributed by atoms with Crippen LogP contribution in [0.4, 0.5) is 30.7 Å². The van der Waals surface area contributed by atoms with E-state index < -0.39 is 140 Å². The Hall–Kier alpha value is -13.3. The van der Waals surface area contributed by atoms with E-state index in [9.17, 15) is 110 Å². The average Bonchev–Trinajstić information content (AvgIpc) is 1.17. The van der Waals surface area contributed by atoms with Crippen molar-refractivity contribution in [3.05, 3.63) is 308 Å². The van der Waals surface area contributed by atoms with E-state index in [0.717, 1.165) is 45.6 Å². The van der Waals surface area contributed by atoms with Gasteiger partial charge in [-0.25, -0.2) is 110 Å². The summed E-state index contributed by atoms with van der Waals surface area (Å²) in [6, 6.07) is 22.3. The van der Waals surface area contributed by atoms with Crippen LogP contribution in [0.2, 0.25) is 5.02 Å². The van der Waals surface area contributed by atoms with Crippen molar-refractivity contribution in [2.75, 3.05) is 77.8 Å². The number of ether oxygens (including phenoxy) is 5. The van der Waals surface area contributed by atoms with Crippen LogP contribution in [-0.2, 0) is 102 Å². The molecule has 0 spiro atoms. The molecule has 12 rings (SSSR count). The maximum absolute atomic E-state index is 14.1. The lowest BCUT2D eigenvalue weighted by Crippen LogP contribution is -2.42. The fourth-order valence-corrected chi connectivity index (χ4v) is 21.0. The molecule has 0 unspecified atom stereocenters. The Morgan fingerprint density at radius 1 is 0.313 bits per heavy atom. The van der Waals surface area contributed by atoms with Crippen LogP contribution in [0.15, 0.2) is 245 Å². The van der Waals surface area contributed by atoms with Crippen molar-refractivity contribution in [3.8, 4) is 28.7 Å². The third-order valence-electron chi connectivity index (χ3n) is 18.6. The first-order valence-corrected chi connectivity index (χ1v) is 46.7. The predicted molar refractivity (Wildman–Crippen MR) is 470 cm³/mol. The van der Waals surface area contributed by atoms with Crippen molar-refractivity contribution in [2.45, 2.75) is 37.8 Å². The highest BCUT2D eigenvalue weighted by Crippen LogP contribution is 2.35. The van der Waals surface area contributed by atoms with Gasteiger partial charge in [-0.1, -0.05) is 59.1 Å². The number of hydrogen-bond acceptors (Lipinski definition) is 29. The number of nitrogens with zero attached hydrogens (tertiary/aromatic N) is 18. The lowest BCUT2D eigenvalue weighted by molar-refractivity contribution is 0.385. The van der Waals surface area contributed by atoms with Crippen molar-refractivity contribution in [1.82, 2.24) is 51.2 Å². The summed E-state index contributed by atoms with van der Waals surface area (Å²) < 4.78 is 279. The van der Waals surface area contributed by atoms with Gasteiger partial charge in [0, 0.05) is 118 Å². The molecule has 1 aliphatic rings. The second-order valence-corrected chi connectivity index (χ2v) is 38.7. The van der Waals surface area contributed by atoms with Crippen LogP contribution in [0.25, 0.3) is 0 Å². The molecule has 11 aromatic rings. The first-order valence-electron chi connectivity index (χ1n) is 36.9. The van der Waals surface area contributed by atoms with Gasteiger partial charge in [0.1, 0.15) is 37.7 Å². The summed E-state index contributed by atoms with van der Waals surface area (Å²) in [6.07, 6.45) is 4.67. The number of aromatic nitrogens is 12. The fourth-order valence-electron chi connectivity index (χ4n) is 11.8. The zero-order valence-corrected chi connectivity index (χ0v) is 80.4. The Morgan fingerprint density at radius 2 is 0.612 bits per heavy atom. The van der Waals surface area contributed by atoms with Crippen LogP contribution in [0.1, 0.15) is 12.0 Å². The first-order chi connectivity index (χ1) is 62.6. The number of rotatable bonds is 17. The molecule has 0 aliphatic heterocycles. The van der Waals surface area contributed by atoms with Gasteiger partial charge in [-0.2, -0.15) is 23.8 Å². The molecule has 0 radical (unpaired) electrons. The third-order valence-corrected chi connectivity index (χ3v) is 29.6. The molecule has 41 nitrogen and oxygen atoms in total. The lowest BCUT2D eigenvalue weighted by atomic mass is 10.2. The van der Waals surface area contributed by atoms with E-state index >= 15 is 0 Å². The average molecular weight is 2060 g/mol. The molecule has 0 atom stereocenters. The summed E-state index contributed by atoms with van der Waals surface area (Å²) in [7, 11) is -4.42. The van der Waals surface area contributed by atoms with E-state index in [1.54, 1.807) is 19.1 Å². The van der Waals surface area contributed by atoms with Gasteiger partial charge in [0.2, 0.25) is 0 Å². The minimum Gasteiger partial charge on any atom is -0.497 e. The molecular formula is C77H80Cl3F7N18O23S6. The summed E-state index contributed by atoms with van der Waals surface area (Å²) in [6.45, 7) is 1.71. The third kappa shape index (κ3) is 22.1. The summed E-state index contributed by atoms with van der Waals surface area (Å²) in [4.78, 5) is 92.9. The molecule has 0 saturated heterocycles. The zero-order chi connectivity index (χ0) is 101. The van der Waals surface area contributed by atoms with Gasteiger partial charge in [-0.15, -0.1) is 0 Å². The van der Waals surface area contributed by atoms with Crippen molar-refractivity contribution >= 4 is 94.9 Å². The number of aryl methyl sites for hydroxylation is 1. The number of halogens is 10. The fraction of sp³-hybridized carbons (Fsp3) is 0.247. The number of allylic oxidation sites excluding steroid dienone is 3. The van der Waals surface area contributed by atoms with Crippen LogP contribution < -0.4 is 90.7 Å². The smallest absolute Gasteiger partial charge is 0.343 e. The van der Waals surface area contributed by atoms with Crippen LogP contribution in [0.3, 0.4) is 0 Å². The highest BCUT2D eigenvalue weighted by molar-refractivity contribution is 7.94. The molecule has 0 N–H and O–H groups in total. The number of methoxy groups -OCH3 is 5. The molecule has 722 valence electrons. The molecule has 0 saturated carbocycles. The maximum Gasteiger partial charge on any atom is 0.343 e. The Bertz CT molecular complexity index is 8250. The standard InChI is InChI=1S/C14H16FN3O5S.C13H13ClFN3O3S.C13H13F2N3O4S.2C13H14FN3O4S.C11H10Cl2FN3O3S/c1-16-13-10(15)8-18(14(19)17(13)2)24(20,21)12-7-9(22-3)5-6-11(12)23-4;1-8-4-5-9(6-10(8)14)22(20,21)18-7-11(15)12(16-2)17(3)13(18)19;1-16-12-10(15)7-18(13(19)17(12)2)23(20,21)8-4-5-11(22-3)9(14)6-8;1-15-12-11(14)8-17(13(18)16(12)2)22(19,20)10-6-4-5-9(7-10)21-3;1-15-12-9(14)8-17(13(18)16(12)2)22(19,20)11-7-5-4-6-10(11)21-3;1-15-10-8(14)5-17(11(18)16(10)2)21(19,20)9-4-6(12)3-7(9)13/h5-8H,1-4H3;4-7H,1-3H3;4-7H,1-3H3;2*4-8H,1-3H3;4-5H,3H2,1-2H3. The van der Waals surface area contributed by atoms with Gasteiger partial charge in [0.15, 0.2) is 79.4 Å². The van der Waals surface area contributed by atoms with E-state index in [1.807, 2.05) is 0 Å². The van der Waals surface area contributed by atoms with E-state index in [-0.39, 0.29) is 110 Å². The van der Waals surface area contributed by atoms with E-state index in [4.69, 9.17) is 58.5 Å². The van der Waals surface area contributed by atoms with Crippen LogP contribution in [0, 0.1) is 47.6 Å². The van der Waals surface area contributed by atoms with Gasteiger partial charge < -0.3 is 23.7 Å². The van der Waals surface area contributed by atoms with Gasteiger partial charge in [0.25, 0.3) is 60.1 Å². The summed E-state index contributed by atoms with van der Waals surface area (Å²) in [5.74, 6) is -6.17. The minimum absolute atomic E-state index is 0.00461. The second kappa shape index (κ2) is 43.6. The molecule has 1 aliphatic carbocycles. The number of para-hydroxylation sites is 1. The molecule has 6 aromatic heterocycles. The number of hydrogen-bond donors (Lipinski definition) is 0. The molecular weight excluding hydrogens is 1980 g/mol. The molecule has 0 amide bonds. The summed E-state index contributed by atoms with van der Waals surface area (Å²) in [5, 5.41) is 0.426. The lowest BCUT2D eigenvalue weighted by Gasteiger charge is -2.13. The van der Waals surface area contributed by atoms with Gasteiger partial charge in [-0.3, -0.25) is 57.4 Å². The van der Waals surface area contributed by atoms with Crippen molar-refractivity contribution in [1.29, 1.82) is 0 Å². The largest absolute Gasteiger partial charge is 0.497 e. The highest BCUT2D eigenvalue weighted by Gasteiger charge is 2.33.